The summed E-state index contributed by atoms with van der Waals surface area (Å²) in [5, 5.41) is 15.0. The molecular formula is C20H18ClFN4O3. The van der Waals surface area contributed by atoms with Gasteiger partial charge in [0, 0.05) is 17.8 Å². The maximum absolute atomic E-state index is 13.4. The molecule has 0 atom stereocenters. The first kappa shape index (κ1) is 19.3. The van der Waals surface area contributed by atoms with E-state index in [2.05, 4.69) is 15.3 Å². The Kier molecular flexibility index (Phi) is 5.44. The number of fused-ring (bicyclic) bond motifs is 1. The van der Waals surface area contributed by atoms with Gasteiger partial charge in [0.25, 0.3) is 0 Å². The van der Waals surface area contributed by atoms with Crippen LogP contribution >= 0.6 is 11.6 Å². The summed E-state index contributed by atoms with van der Waals surface area (Å²) in [5.74, 6) is 0.438. The van der Waals surface area contributed by atoms with Crippen molar-refractivity contribution in [1.82, 2.24) is 9.97 Å². The lowest BCUT2D eigenvalue weighted by atomic mass is 10.1. The number of nitrogens with zero attached hydrogens (tertiary/aromatic N) is 3. The Morgan fingerprint density at radius 2 is 2.03 bits per heavy atom. The smallest absolute Gasteiger partial charge is 0.311 e. The zero-order valence-electron chi connectivity index (χ0n) is 15.4. The highest BCUT2D eigenvalue weighted by Crippen LogP contribution is 2.36. The second kappa shape index (κ2) is 8.16. The van der Waals surface area contributed by atoms with E-state index in [1.807, 2.05) is 0 Å². The number of nitro groups is 1. The van der Waals surface area contributed by atoms with Gasteiger partial charge in [-0.2, -0.15) is 0 Å². The highest BCUT2D eigenvalue weighted by Gasteiger charge is 2.22. The first-order chi connectivity index (χ1) is 14.0. The van der Waals surface area contributed by atoms with Crippen molar-refractivity contribution in [3.05, 3.63) is 57.6 Å². The summed E-state index contributed by atoms with van der Waals surface area (Å²) in [6.45, 7) is 0.455. The second-order valence-corrected chi connectivity index (χ2v) is 7.44. The van der Waals surface area contributed by atoms with Gasteiger partial charge >= 0.3 is 5.69 Å². The van der Waals surface area contributed by atoms with Gasteiger partial charge in [0.15, 0.2) is 5.75 Å². The molecule has 0 aliphatic heterocycles. The van der Waals surface area contributed by atoms with E-state index in [4.69, 9.17) is 16.3 Å². The summed E-state index contributed by atoms with van der Waals surface area (Å²) in [6, 6.07) is 7.10. The Labute approximate surface area is 171 Å². The molecule has 1 saturated carbocycles. The van der Waals surface area contributed by atoms with Crippen LogP contribution in [0.15, 0.2) is 36.7 Å². The molecule has 1 aromatic heterocycles. The van der Waals surface area contributed by atoms with Crippen molar-refractivity contribution in [2.75, 3.05) is 11.9 Å². The third kappa shape index (κ3) is 4.22. The summed E-state index contributed by atoms with van der Waals surface area (Å²) < 4.78 is 19.2. The number of hydrogen-bond donors (Lipinski definition) is 1. The molecule has 150 valence electrons. The molecule has 0 unspecified atom stereocenters. The number of anilines is 2. The molecule has 29 heavy (non-hydrogen) atoms. The van der Waals surface area contributed by atoms with E-state index in [0.717, 1.165) is 12.8 Å². The van der Waals surface area contributed by atoms with Gasteiger partial charge in [0.1, 0.15) is 18.0 Å². The normalized spacial score (nSPS) is 14.3. The predicted molar refractivity (Wildman–Crippen MR) is 108 cm³/mol. The third-order valence-electron chi connectivity index (χ3n) is 5.04. The maximum atomic E-state index is 13.4. The standard InChI is InChI=1S/C20H18ClFN4O3/c21-15-7-13(5-6-16(15)22)25-20-14-8-18(26(27)28)19(9-17(14)23-11-24-20)29-10-12-3-1-2-4-12/h5-9,11-12H,1-4,10H2,(H,23,24,25). The van der Waals surface area contributed by atoms with Crippen molar-refractivity contribution < 1.29 is 14.1 Å². The quantitative estimate of drug-likeness (QED) is 0.413. The van der Waals surface area contributed by atoms with Crippen LogP contribution in [0.25, 0.3) is 10.9 Å². The number of ether oxygens (including phenoxy) is 1. The van der Waals surface area contributed by atoms with Gasteiger partial charge in [0.2, 0.25) is 0 Å². The van der Waals surface area contributed by atoms with E-state index in [-0.39, 0.29) is 16.5 Å². The van der Waals surface area contributed by atoms with Gasteiger partial charge < -0.3 is 10.1 Å². The van der Waals surface area contributed by atoms with Gasteiger partial charge in [-0.25, -0.2) is 14.4 Å². The van der Waals surface area contributed by atoms with Crippen molar-refractivity contribution >= 4 is 39.7 Å². The molecule has 7 nitrogen and oxygen atoms in total. The van der Waals surface area contributed by atoms with E-state index >= 15 is 0 Å². The molecule has 2 aromatic carbocycles. The van der Waals surface area contributed by atoms with Crippen molar-refractivity contribution in [2.45, 2.75) is 25.7 Å². The topological polar surface area (TPSA) is 90.2 Å². The Hall–Kier alpha value is -3.00. The predicted octanol–water partition coefficient (Wildman–Crippen LogP) is 5.64. The van der Waals surface area contributed by atoms with Gasteiger partial charge in [-0.3, -0.25) is 10.1 Å². The summed E-state index contributed by atoms with van der Waals surface area (Å²) in [7, 11) is 0. The van der Waals surface area contributed by atoms with Crippen molar-refractivity contribution in [3.63, 3.8) is 0 Å². The average molecular weight is 417 g/mol. The lowest BCUT2D eigenvalue weighted by Gasteiger charge is -2.13. The van der Waals surface area contributed by atoms with E-state index in [9.17, 15) is 14.5 Å². The van der Waals surface area contributed by atoms with Crippen LogP contribution in [-0.4, -0.2) is 21.5 Å². The van der Waals surface area contributed by atoms with Crippen molar-refractivity contribution in [1.29, 1.82) is 0 Å². The minimum Gasteiger partial charge on any atom is -0.486 e. The molecule has 0 bridgehead atoms. The van der Waals surface area contributed by atoms with E-state index in [1.54, 1.807) is 6.07 Å². The zero-order chi connectivity index (χ0) is 20.4. The number of nitro benzene ring substituents is 1. The molecule has 0 amide bonds. The van der Waals surface area contributed by atoms with Crippen LogP contribution in [0.5, 0.6) is 5.75 Å². The number of aromatic nitrogens is 2. The molecule has 3 aromatic rings. The van der Waals surface area contributed by atoms with Crippen LogP contribution in [0.4, 0.5) is 21.6 Å². The Balaban J connectivity index is 1.68. The van der Waals surface area contributed by atoms with Crippen molar-refractivity contribution in [3.8, 4) is 5.75 Å². The summed E-state index contributed by atoms with van der Waals surface area (Å²) >= 11 is 5.82. The lowest BCUT2D eigenvalue weighted by Crippen LogP contribution is -2.09. The minimum atomic E-state index is -0.538. The van der Waals surface area contributed by atoms with E-state index in [0.29, 0.717) is 34.9 Å². The largest absolute Gasteiger partial charge is 0.486 e. The molecule has 0 saturated heterocycles. The average Bonchev–Trinajstić information content (AvgIpc) is 3.22. The SMILES string of the molecule is O=[N+]([O-])c1cc2c(Nc3ccc(F)c(Cl)c3)ncnc2cc1OCC1CCCC1. The summed E-state index contributed by atoms with van der Waals surface area (Å²) in [4.78, 5) is 19.5. The molecule has 1 aliphatic rings. The number of nitrogens with one attached hydrogen (secondary N) is 1. The van der Waals surface area contributed by atoms with Crippen LogP contribution in [-0.2, 0) is 0 Å². The fraction of sp³-hybridized carbons (Fsp3) is 0.300. The molecule has 1 aliphatic carbocycles. The second-order valence-electron chi connectivity index (χ2n) is 7.03. The van der Waals surface area contributed by atoms with Gasteiger partial charge in [-0.1, -0.05) is 24.4 Å². The van der Waals surface area contributed by atoms with Crippen LogP contribution in [0.3, 0.4) is 0 Å². The molecule has 4 rings (SSSR count). The molecule has 1 fully saturated rings. The summed E-state index contributed by atoms with van der Waals surface area (Å²) in [5.41, 5.74) is 0.855. The Bertz CT molecular complexity index is 1070. The lowest BCUT2D eigenvalue weighted by molar-refractivity contribution is -0.385. The Morgan fingerprint density at radius 3 is 2.76 bits per heavy atom. The van der Waals surface area contributed by atoms with Gasteiger partial charge in [0.05, 0.1) is 27.5 Å². The number of rotatable bonds is 6. The maximum Gasteiger partial charge on any atom is 0.311 e. The minimum absolute atomic E-state index is 0.0399. The molecule has 1 heterocycles. The molecule has 1 N–H and O–H groups in total. The van der Waals surface area contributed by atoms with Crippen LogP contribution < -0.4 is 10.1 Å². The highest BCUT2D eigenvalue weighted by atomic mass is 35.5. The fourth-order valence-electron chi connectivity index (χ4n) is 3.53. The van der Waals surface area contributed by atoms with Crippen LogP contribution in [0.2, 0.25) is 5.02 Å². The molecule has 0 spiro atoms. The highest BCUT2D eigenvalue weighted by molar-refractivity contribution is 6.31. The Morgan fingerprint density at radius 1 is 1.24 bits per heavy atom. The zero-order valence-corrected chi connectivity index (χ0v) is 16.2. The third-order valence-corrected chi connectivity index (χ3v) is 5.33. The number of halogens is 2. The number of hydrogen-bond acceptors (Lipinski definition) is 6. The first-order valence-electron chi connectivity index (χ1n) is 9.29. The monoisotopic (exact) mass is 416 g/mol. The van der Waals surface area contributed by atoms with Crippen LogP contribution in [0, 0.1) is 21.8 Å². The number of benzene rings is 2. The van der Waals surface area contributed by atoms with E-state index in [1.165, 1.54) is 43.4 Å². The molecule has 9 heteroatoms. The summed E-state index contributed by atoms with van der Waals surface area (Å²) in [6.07, 6.45) is 5.85. The molecular weight excluding hydrogens is 399 g/mol. The van der Waals surface area contributed by atoms with Gasteiger partial charge in [-0.05, 0) is 37.0 Å². The van der Waals surface area contributed by atoms with Crippen molar-refractivity contribution in [2.24, 2.45) is 5.92 Å². The first-order valence-corrected chi connectivity index (χ1v) is 9.67. The van der Waals surface area contributed by atoms with E-state index < -0.39 is 10.7 Å². The van der Waals surface area contributed by atoms with Crippen LogP contribution in [0.1, 0.15) is 25.7 Å². The fourth-order valence-corrected chi connectivity index (χ4v) is 3.71. The molecule has 0 radical (unpaired) electrons. The van der Waals surface area contributed by atoms with Gasteiger partial charge in [-0.15, -0.1) is 0 Å².